The Hall–Kier alpha value is -3.12. The van der Waals surface area contributed by atoms with Crippen LogP contribution in [-0.4, -0.2) is 54.9 Å². The highest BCUT2D eigenvalue weighted by Gasteiger charge is 2.25. The van der Waals surface area contributed by atoms with Crippen LogP contribution in [0.2, 0.25) is 0 Å². The molecular formula is C16H21N9O2S. The molecule has 3 heterocycles. The summed E-state index contributed by atoms with van der Waals surface area (Å²) >= 11 is 1.53. The SMILES string of the molecule is CCN(CC)Cc1nnn(-c2nonc2N)c1C(=O)NN=C(C)c1cccs1. The fourth-order valence-electron chi connectivity index (χ4n) is 2.52. The van der Waals surface area contributed by atoms with E-state index in [-0.39, 0.29) is 17.3 Å². The first-order valence-electron chi connectivity index (χ1n) is 8.68. The molecule has 28 heavy (non-hydrogen) atoms. The van der Waals surface area contributed by atoms with Gasteiger partial charge >= 0.3 is 0 Å². The van der Waals surface area contributed by atoms with Crippen molar-refractivity contribution < 1.29 is 9.42 Å². The van der Waals surface area contributed by atoms with Crippen molar-refractivity contribution in [2.24, 2.45) is 5.10 Å². The Bertz CT molecular complexity index is 957. The van der Waals surface area contributed by atoms with Gasteiger partial charge in [0, 0.05) is 11.4 Å². The molecule has 0 unspecified atom stereocenters. The van der Waals surface area contributed by atoms with Crippen molar-refractivity contribution in [2.45, 2.75) is 27.3 Å². The minimum atomic E-state index is -0.481. The van der Waals surface area contributed by atoms with Crippen molar-refractivity contribution in [1.29, 1.82) is 0 Å². The van der Waals surface area contributed by atoms with Crippen LogP contribution in [0.3, 0.4) is 0 Å². The van der Waals surface area contributed by atoms with Gasteiger partial charge in [0.2, 0.25) is 11.6 Å². The van der Waals surface area contributed by atoms with E-state index < -0.39 is 5.91 Å². The molecule has 3 aromatic rings. The Morgan fingerprint density at radius 2 is 2.18 bits per heavy atom. The van der Waals surface area contributed by atoms with E-state index in [1.807, 2.05) is 38.3 Å². The van der Waals surface area contributed by atoms with Crippen LogP contribution in [0.15, 0.2) is 27.2 Å². The molecule has 3 N–H and O–H groups in total. The zero-order chi connectivity index (χ0) is 20.1. The fourth-order valence-corrected chi connectivity index (χ4v) is 3.20. The molecule has 0 atom stereocenters. The molecule has 0 saturated heterocycles. The molecule has 1 amide bonds. The van der Waals surface area contributed by atoms with E-state index in [1.165, 1.54) is 16.0 Å². The predicted octanol–water partition coefficient (Wildman–Crippen LogP) is 1.29. The Kier molecular flexibility index (Phi) is 6.11. The Morgan fingerprint density at radius 1 is 1.39 bits per heavy atom. The Balaban J connectivity index is 1.94. The Morgan fingerprint density at radius 3 is 2.79 bits per heavy atom. The number of amides is 1. The zero-order valence-corrected chi connectivity index (χ0v) is 16.6. The molecule has 148 valence electrons. The lowest BCUT2D eigenvalue weighted by atomic mass is 10.2. The maximum Gasteiger partial charge on any atom is 0.292 e. The zero-order valence-electron chi connectivity index (χ0n) is 15.8. The molecule has 3 rings (SSSR count). The molecule has 0 saturated carbocycles. The van der Waals surface area contributed by atoms with Crippen LogP contribution in [0, 0.1) is 0 Å². The molecule has 3 aromatic heterocycles. The quantitative estimate of drug-likeness (QED) is 0.423. The summed E-state index contributed by atoms with van der Waals surface area (Å²) in [6.07, 6.45) is 0. The van der Waals surface area contributed by atoms with Crippen molar-refractivity contribution in [3.8, 4) is 5.82 Å². The van der Waals surface area contributed by atoms with E-state index in [0.717, 1.165) is 18.0 Å². The van der Waals surface area contributed by atoms with Crippen molar-refractivity contribution in [2.75, 3.05) is 18.8 Å². The van der Waals surface area contributed by atoms with Gasteiger partial charge in [0.25, 0.3) is 5.91 Å². The van der Waals surface area contributed by atoms with Gasteiger partial charge < -0.3 is 5.73 Å². The van der Waals surface area contributed by atoms with Gasteiger partial charge in [-0.15, -0.1) is 16.4 Å². The molecule has 0 fully saturated rings. The van der Waals surface area contributed by atoms with Gasteiger partial charge in [-0.05, 0) is 41.8 Å². The van der Waals surface area contributed by atoms with Crippen LogP contribution in [0.5, 0.6) is 0 Å². The molecular weight excluding hydrogens is 382 g/mol. The highest BCUT2D eigenvalue weighted by Crippen LogP contribution is 2.17. The average Bonchev–Trinajstić information content (AvgIpc) is 3.44. The number of thiophene rings is 1. The number of nitrogen functional groups attached to an aromatic ring is 1. The van der Waals surface area contributed by atoms with E-state index in [2.05, 4.69) is 40.7 Å². The van der Waals surface area contributed by atoms with E-state index >= 15 is 0 Å². The van der Waals surface area contributed by atoms with E-state index in [9.17, 15) is 4.79 Å². The first-order chi connectivity index (χ1) is 13.5. The maximum atomic E-state index is 12.9. The van der Waals surface area contributed by atoms with Crippen LogP contribution >= 0.6 is 11.3 Å². The number of aromatic nitrogens is 5. The summed E-state index contributed by atoms with van der Waals surface area (Å²) in [5.74, 6) is -0.375. The predicted molar refractivity (Wildman–Crippen MR) is 104 cm³/mol. The second-order valence-corrected chi connectivity index (χ2v) is 6.79. The highest BCUT2D eigenvalue weighted by atomic mass is 32.1. The lowest BCUT2D eigenvalue weighted by Crippen LogP contribution is -2.27. The first kappa shape index (κ1) is 19.6. The number of carbonyl (C=O) groups excluding carboxylic acids is 1. The third-order valence-corrected chi connectivity index (χ3v) is 5.10. The molecule has 0 spiro atoms. The topological polar surface area (TPSA) is 140 Å². The number of nitrogens with two attached hydrogens (primary N) is 1. The van der Waals surface area contributed by atoms with Gasteiger partial charge in [0.1, 0.15) is 5.69 Å². The number of rotatable bonds is 8. The lowest BCUT2D eigenvalue weighted by Gasteiger charge is -2.16. The van der Waals surface area contributed by atoms with E-state index in [1.54, 1.807) is 0 Å². The summed E-state index contributed by atoms with van der Waals surface area (Å²) in [5, 5.41) is 21.6. The summed E-state index contributed by atoms with van der Waals surface area (Å²) in [6.45, 7) is 7.91. The minimum absolute atomic E-state index is 0.00612. The van der Waals surface area contributed by atoms with Gasteiger partial charge in [-0.1, -0.05) is 25.1 Å². The van der Waals surface area contributed by atoms with Crippen LogP contribution in [0.4, 0.5) is 5.82 Å². The normalized spacial score (nSPS) is 11.9. The molecule has 0 aromatic carbocycles. The maximum absolute atomic E-state index is 12.9. The van der Waals surface area contributed by atoms with Crippen molar-refractivity contribution in [3.05, 3.63) is 33.8 Å². The van der Waals surface area contributed by atoms with Gasteiger partial charge in [-0.2, -0.15) is 9.78 Å². The minimum Gasteiger partial charge on any atom is -0.378 e. The largest absolute Gasteiger partial charge is 0.378 e. The second-order valence-electron chi connectivity index (χ2n) is 5.85. The van der Waals surface area contributed by atoms with Crippen molar-refractivity contribution in [3.63, 3.8) is 0 Å². The smallest absolute Gasteiger partial charge is 0.292 e. The Labute approximate surface area is 165 Å². The van der Waals surface area contributed by atoms with Crippen LogP contribution in [0.25, 0.3) is 5.82 Å². The van der Waals surface area contributed by atoms with Crippen LogP contribution in [-0.2, 0) is 6.54 Å². The number of hydrogen-bond donors (Lipinski definition) is 2. The third-order valence-electron chi connectivity index (χ3n) is 4.12. The summed E-state index contributed by atoms with van der Waals surface area (Å²) < 4.78 is 5.85. The van der Waals surface area contributed by atoms with Gasteiger partial charge in [-0.3, -0.25) is 9.69 Å². The molecule has 12 heteroatoms. The molecule has 11 nitrogen and oxygen atoms in total. The average molecular weight is 403 g/mol. The number of nitrogens with one attached hydrogen (secondary N) is 1. The summed E-state index contributed by atoms with van der Waals surface area (Å²) in [5.41, 5.74) is 9.68. The molecule has 0 bridgehead atoms. The van der Waals surface area contributed by atoms with Gasteiger partial charge in [-0.25, -0.2) is 10.1 Å². The number of hydrazone groups is 1. The summed E-state index contributed by atoms with van der Waals surface area (Å²) in [4.78, 5) is 16.0. The summed E-state index contributed by atoms with van der Waals surface area (Å²) in [6, 6.07) is 3.84. The number of anilines is 1. The fraction of sp³-hybridized carbons (Fsp3) is 0.375. The van der Waals surface area contributed by atoms with Crippen LogP contribution < -0.4 is 11.2 Å². The van der Waals surface area contributed by atoms with E-state index in [0.29, 0.717) is 18.0 Å². The number of nitrogens with zero attached hydrogens (tertiary/aromatic N) is 7. The molecule has 0 aliphatic rings. The highest BCUT2D eigenvalue weighted by molar-refractivity contribution is 7.12. The monoisotopic (exact) mass is 403 g/mol. The first-order valence-corrected chi connectivity index (χ1v) is 9.56. The van der Waals surface area contributed by atoms with Gasteiger partial charge in [0.15, 0.2) is 5.69 Å². The number of carbonyl (C=O) groups is 1. The van der Waals surface area contributed by atoms with Gasteiger partial charge in [0.05, 0.1) is 5.71 Å². The third kappa shape index (κ3) is 4.07. The second kappa shape index (κ2) is 8.71. The molecule has 0 radical (unpaired) electrons. The van der Waals surface area contributed by atoms with Crippen LogP contribution in [0.1, 0.15) is 41.8 Å². The van der Waals surface area contributed by atoms with E-state index in [4.69, 9.17) is 5.73 Å². The lowest BCUT2D eigenvalue weighted by molar-refractivity contribution is 0.0944. The molecule has 0 aliphatic heterocycles. The standard InChI is InChI=1S/C16H21N9O2S/c1-4-24(5-2)9-11-13(25(23-19-11)15-14(17)21-27-22-15)16(26)20-18-10(3)12-7-6-8-28-12/h6-8H,4-5,9H2,1-3H3,(H2,17,21)(H,20,26). The van der Waals surface area contributed by atoms with Crippen molar-refractivity contribution >= 4 is 28.8 Å². The molecule has 0 aliphatic carbocycles. The van der Waals surface area contributed by atoms with Crippen molar-refractivity contribution in [1.82, 2.24) is 35.6 Å². The summed E-state index contributed by atoms with van der Waals surface area (Å²) in [7, 11) is 0. The number of hydrogen-bond acceptors (Lipinski definition) is 10.